The molecule has 1 amide bonds. The van der Waals surface area contributed by atoms with Crippen LogP contribution in [-0.2, 0) is 9.53 Å². The summed E-state index contributed by atoms with van der Waals surface area (Å²) >= 11 is 0. The number of amides is 1. The summed E-state index contributed by atoms with van der Waals surface area (Å²) in [5.74, 6) is -0.287. The van der Waals surface area contributed by atoms with Crippen molar-refractivity contribution in [2.45, 2.75) is 6.42 Å². The third-order valence-electron chi connectivity index (χ3n) is 3.23. The molecule has 1 heterocycles. The number of carbonyl (C=O) groups is 2. The molecule has 0 aliphatic carbocycles. The van der Waals surface area contributed by atoms with Crippen LogP contribution < -0.4 is 10.6 Å². The molecule has 0 aromatic heterocycles. The number of ether oxygens (including phenoxy) is 1. The highest BCUT2D eigenvalue weighted by Crippen LogP contribution is 2.30. The molecule has 5 nitrogen and oxygen atoms in total. The topological polar surface area (TPSA) is 72.6 Å². The minimum atomic E-state index is -0.449. The van der Waals surface area contributed by atoms with Gasteiger partial charge in [0, 0.05) is 18.9 Å². The molecule has 0 saturated carbocycles. The third-order valence-corrected chi connectivity index (χ3v) is 3.23. The molecule has 1 aromatic rings. The average Bonchev–Trinajstić information content (AvgIpc) is 2.79. The van der Waals surface area contributed by atoms with E-state index >= 15 is 0 Å². The predicted octanol–water partition coefficient (Wildman–Crippen LogP) is 1.59. The highest BCUT2D eigenvalue weighted by molar-refractivity contribution is 6.00. The van der Waals surface area contributed by atoms with Gasteiger partial charge in [0.25, 0.3) is 0 Å². The molecule has 1 saturated heterocycles. The normalized spacial score (nSPS) is 18.5. The quantitative estimate of drug-likeness (QED) is 0.509. The first-order valence-corrected chi connectivity index (χ1v) is 5.97. The number of anilines is 2. The molecule has 1 fully saturated rings. The van der Waals surface area contributed by atoms with Crippen molar-refractivity contribution in [3.63, 3.8) is 0 Å². The van der Waals surface area contributed by atoms with Crippen molar-refractivity contribution in [1.29, 1.82) is 0 Å². The second kappa shape index (κ2) is 5.14. The van der Waals surface area contributed by atoms with Crippen molar-refractivity contribution in [3.05, 3.63) is 36.4 Å². The smallest absolute Gasteiger partial charge is 0.337 e. The first-order chi connectivity index (χ1) is 9.06. The van der Waals surface area contributed by atoms with E-state index in [9.17, 15) is 9.59 Å². The molecule has 0 spiro atoms. The number of hydrogen-bond donors (Lipinski definition) is 1. The Balaban J connectivity index is 2.29. The molecule has 0 radical (unpaired) electrons. The monoisotopic (exact) mass is 260 g/mol. The highest BCUT2D eigenvalue weighted by Gasteiger charge is 2.29. The van der Waals surface area contributed by atoms with Crippen molar-refractivity contribution in [2.75, 3.05) is 24.3 Å². The van der Waals surface area contributed by atoms with Crippen molar-refractivity contribution in [3.8, 4) is 0 Å². The maximum atomic E-state index is 11.9. The van der Waals surface area contributed by atoms with E-state index in [1.54, 1.807) is 23.1 Å². The summed E-state index contributed by atoms with van der Waals surface area (Å²) < 4.78 is 4.62. The van der Waals surface area contributed by atoms with Crippen LogP contribution in [0.15, 0.2) is 30.9 Å². The van der Waals surface area contributed by atoms with Crippen molar-refractivity contribution in [1.82, 2.24) is 0 Å². The van der Waals surface area contributed by atoms with Gasteiger partial charge >= 0.3 is 5.97 Å². The van der Waals surface area contributed by atoms with E-state index in [0.29, 0.717) is 29.9 Å². The van der Waals surface area contributed by atoms with E-state index < -0.39 is 5.97 Å². The Hall–Kier alpha value is -2.30. The SMILES string of the molecule is C=CC1CC(=O)N(c2ccc(C(=O)OC)cc2N)C1. The minimum absolute atomic E-state index is 0.0161. The van der Waals surface area contributed by atoms with Crippen molar-refractivity contribution in [2.24, 2.45) is 5.92 Å². The maximum Gasteiger partial charge on any atom is 0.337 e. The summed E-state index contributed by atoms with van der Waals surface area (Å²) in [6.45, 7) is 4.28. The fraction of sp³-hybridized carbons (Fsp3) is 0.286. The van der Waals surface area contributed by atoms with E-state index in [4.69, 9.17) is 5.73 Å². The lowest BCUT2D eigenvalue weighted by Crippen LogP contribution is -2.25. The minimum Gasteiger partial charge on any atom is -0.465 e. The zero-order valence-corrected chi connectivity index (χ0v) is 10.8. The Morgan fingerprint density at radius 1 is 1.58 bits per heavy atom. The van der Waals surface area contributed by atoms with Gasteiger partial charge in [-0.05, 0) is 18.2 Å². The van der Waals surface area contributed by atoms with Crippen LogP contribution in [0.4, 0.5) is 11.4 Å². The predicted molar refractivity (Wildman–Crippen MR) is 72.9 cm³/mol. The molecule has 2 N–H and O–H groups in total. The first-order valence-electron chi connectivity index (χ1n) is 5.97. The second-order valence-corrected chi connectivity index (χ2v) is 4.47. The standard InChI is InChI=1S/C14H16N2O3/c1-3-9-6-13(17)16(8-9)12-5-4-10(7-11(12)15)14(18)19-2/h3-5,7,9H,1,6,8,15H2,2H3. The average molecular weight is 260 g/mol. The molecule has 5 heteroatoms. The van der Waals surface area contributed by atoms with Crippen LogP contribution in [0.3, 0.4) is 0 Å². The van der Waals surface area contributed by atoms with Gasteiger partial charge in [0.05, 0.1) is 24.0 Å². The van der Waals surface area contributed by atoms with Crippen LogP contribution in [0.2, 0.25) is 0 Å². The van der Waals surface area contributed by atoms with Crippen molar-refractivity contribution < 1.29 is 14.3 Å². The van der Waals surface area contributed by atoms with Gasteiger partial charge in [-0.2, -0.15) is 0 Å². The van der Waals surface area contributed by atoms with Crippen LogP contribution >= 0.6 is 0 Å². The molecule has 1 aliphatic rings. The zero-order valence-electron chi connectivity index (χ0n) is 10.8. The number of hydrogen-bond acceptors (Lipinski definition) is 4. The molecule has 100 valence electrons. The Morgan fingerprint density at radius 2 is 2.32 bits per heavy atom. The van der Waals surface area contributed by atoms with Crippen LogP contribution in [-0.4, -0.2) is 25.5 Å². The summed E-state index contributed by atoms with van der Waals surface area (Å²) in [7, 11) is 1.31. The third kappa shape index (κ3) is 2.45. The number of nitrogen functional groups attached to an aromatic ring is 1. The van der Waals surface area contributed by atoms with E-state index in [0.717, 1.165) is 0 Å². The first kappa shape index (κ1) is 13.1. The summed E-state index contributed by atoms with van der Waals surface area (Å²) in [4.78, 5) is 24.9. The van der Waals surface area contributed by atoms with Gasteiger partial charge in [-0.1, -0.05) is 6.08 Å². The fourth-order valence-corrected chi connectivity index (χ4v) is 2.17. The molecular weight excluding hydrogens is 244 g/mol. The molecule has 1 unspecified atom stereocenters. The van der Waals surface area contributed by atoms with E-state index in [1.807, 2.05) is 0 Å². The van der Waals surface area contributed by atoms with Gasteiger partial charge in [-0.15, -0.1) is 6.58 Å². The molecular formula is C14H16N2O3. The molecule has 1 aliphatic heterocycles. The number of esters is 1. The number of carbonyl (C=O) groups excluding carboxylic acids is 2. The lowest BCUT2D eigenvalue weighted by molar-refractivity contribution is -0.117. The lowest BCUT2D eigenvalue weighted by Gasteiger charge is -2.18. The number of methoxy groups -OCH3 is 1. The number of rotatable bonds is 3. The number of benzene rings is 1. The Labute approximate surface area is 111 Å². The van der Waals surface area contributed by atoms with Crippen LogP contribution in [0, 0.1) is 5.92 Å². The molecule has 1 aromatic carbocycles. The number of nitrogens with two attached hydrogens (primary N) is 1. The summed E-state index contributed by atoms with van der Waals surface area (Å²) in [6.07, 6.45) is 2.22. The zero-order chi connectivity index (χ0) is 14.0. The molecule has 0 bridgehead atoms. The van der Waals surface area contributed by atoms with E-state index in [1.165, 1.54) is 13.2 Å². The van der Waals surface area contributed by atoms with Crippen LogP contribution in [0.1, 0.15) is 16.8 Å². The Bertz CT molecular complexity index is 539. The highest BCUT2D eigenvalue weighted by atomic mass is 16.5. The van der Waals surface area contributed by atoms with Crippen LogP contribution in [0.5, 0.6) is 0 Å². The fourth-order valence-electron chi connectivity index (χ4n) is 2.17. The lowest BCUT2D eigenvalue weighted by atomic mass is 10.1. The Morgan fingerprint density at radius 3 is 2.84 bits per heavy atom. The summed E-state index contributed by atoms with van der Waals surface area (Å²) in [5.41, 5.74) is 7.30. The maximum absolute atomic E-state index is 11.9. The Kier molecular flexibility index (Phi) is 3.55. The summed E-state index contributed by atoms with van der Waals surface area (Å²) in [5, 5.41) is 0. The molecule has 19 heavy (non-hydrogen) atoms. The van der Waals surface area contributed by atoms with Gasteiger partial charge in [-0.25, -0.2) is 4.79 Å². The van der Waals surface area contributed by atoms with Gasteiger partial charge in [0.2, 0.25) is 5.91 Å². The van der Waals surface area contributed by atoms with Crippen LogP contribution in [0.25, 0.3) is 0 Å². The molecule has 1 atom stereocenters. The molecule has 2 rings (SSSR count). The van der Waals surface area contributed by atoms with E-state index in [2.05, 4.69) is 11.3 Å². The summed E-state index contributed by atoms with van der Waals surface area (Å²) in [6, 6.07) is 4.80. The largest absolute Gasteiger partial charge is 0.465 e. The van der Waals surface area contributed by atoms with Gasteiger partial charge in [-0.3, -0.25) is 4.79 Å². The van der Waals surface area contributed by atoms with Gasteiger partial charge < -0.3 is 15.4 Å². The van der Waals surface area contributed by atoms with E-state index in [-0.39, 0.29) is 11.8 Å². The number of nitrogens with zero attached hydrogens (tertiary/aromatic N) is 1. The van der Waals surface area contributed by atoms with Gasteiger partial charge in [0.1, 0.15) is 0 Å². The van der Waals surface area contributed by atoms with Crippen molar-refractivity contribution >= 4 is 23.3 Å². The second-order valence-electron chi connectivity index (χ2n) is 4.47. The van der Waals surface area contributed by atoms with Gasteiger partial charge in [0.15, 0.2) is 0 Å².